The van der Waals surface area contributed by atoms with Crippen LogP contribution in [0.3, 0.4) is 0 Å². The Morgan fingerprint density at radius 1 is 1.33 bits per heavy atom. The molecule has 3 aromatic rings. The second kappa shape index (κ2) is 7.08. The fourth-order valence-electron chi connectivity index (χ4n) is 3.01. The zero-order valence-electron chi connectivity index (χ0n) is 15.1. The van der Waals surface area contributed by atoms with Crippen LogP contribution in [0.15, 0.2) is 30.6 Å². The third-order valence-electron chi connectivity index (χ3n) is 4.58. The molecule has 0 radical (unpaired) electrons. The third-order valence-corrected chi connectivity index (χ3v) is 4.89. The number of carbonyl (C=O) groups excluding carboxylic acids is 1. The molecule has 0 atom stereocenters. The number of halogens is 1. The Morgan fingerprint density at radius 3 is 2.85 bits per heavy atom. The number of aryl methyl sites for hydroxylation is 1. The van der Waals surface area contributed by atoms with Gasteiger partial charge in [-0.3, -0.25) is 9.48 Å². The first kappa shape index (κ1) is 17.6. The van der Waals surface area contributed by atoms with E-state index < -0.39 is 0 Å². The molecule has 2 aromatic heterocycles. The van der Waals surface area contributed by atoms with Crippen LogP contribution >= 0.6 is 11.6 Å². The summed E-state index contributed by atoms with van der Waals surface area (Å²) >= 11 is 6.31. The van der Waals surface area contributed by atoms with Crippen molar-refractivity contribution in [2.24, 2.45) is 5.92 Å². The number of pyridine rings is 1. The van der Waals surface area contributed by atoms with Crippen LogP contribution in [0, 0.1) is 5.92 Å². The first-order chi connectivity index (χ1) is 13.1. The molecule has 1 amide bonds. The summed E-state index contributed by atoms with van der Waals surface area (Å²) in [5.41, 5.74) is 2.31. The Hall–Kier alpha value is -2.80. The Balaban J connectivity index is 1.68. The summed E-state index contributed by atoms with van der Waals surface area (Å²) in [6.07, 6.45) is 5.21. The van der Waals surface area contributed by atoms with Gasteiger partial charge in [0.05, 0.1) is 35.9 Å². The van der Waals surface area contributed by atoms with Gasteiger partial charge in [0.15, 0.2) is 5.75 Å². The van der Waals surface area contributed by atoms with Crippen LogP contribution in [-0.2, 0) is 11.3 Å². The van der Waals surface area contributed by atoms with Crippen LogP contribution in [0.5, 0.6) is 5.75 Å². The van der Waals surface area contributed by atoms with Crippen molar-refractivity contribution < 1.29 is 9.53 Å². The van der Waals surface area contributed by atoms with Gasteiger partial charge in [0.2, 0.25) is 5.91 Å². The predicted octanol–water partition coefficient (Wildman–Crippen LogP) is 4.21. The van der Waals surface area contributed by atoms with Crippen molar-refractivity contribution in [2.45, 2.75) is 26.3 Å². The lowest BCUT2D eigenvalue weighted by atomic mass is 10.2. The summed E-state index contributed by atoms with van der Waals surface area (Å²) in [7, 11) is 1.63. The van der Waals surface area contributed by atoms with Crippen molar-refractivity contribution >= 4 is 45.6 Å². The number of hydrogen-bond donors (Lipinski definition) is 2. The van der Waals surface area contributed by atoms with E-state index >= 15 is 0 Å². The molecule has 27 heavy (non-hydrogen) atoms. The lowest BCUT2D eigenvalue weighted by Gasteiger charge is -2.15. The number of carbonyl (C=O) groups is 1. The van der Waals surface area contributed by atoms with Gasteiger partial charge in [-0.25, -0.2) is 4.98 Å². The Bertz CT molecular complexity index is 1010. The van der Waals surface area contributed by atoms with Crippen molar-refractivity contribution in [3.63, 3.8) is 0 Å². The smallest absolute Gasteiger partial charge is 0.228 e. The maximum Gasteiger partial charge on any atom is 0.228 e. The van der Waals surface area contributed by atoms with Crippen molar-refractivity contribution in [3.8, 4) is 5.75 Å². The van der Waals surface area contributed by atoms with E-state index in [0.717, 1.165) is 36.0 Å². The molecule has 2 heterocycles. The average Bonchev–Trinajstić information content (AvgIpc) is 3.44. The molecule has 4 rings (SSSR count). The number of fused-ring (bicyclic) bond motifs is 1. The molecule has 0 saturated heterocycles. The zero-order valence-corrected chi connectivity index (χ0v) is 15.9. The van der Waals surface area contributed by atoms with E-state index in [2.05, 4.69) is 20.7 Å². The fraction of sp³-hybridized carbons (Fsp3) is 0.316. The lowest BCUT2D eigenvalue weighted by molar-refractivity contribution is -0.117. The maximum atomic E-state index is 12.0. The van der Waals surface area contributed by atoms with Crippen LogP contribution in [0.1, 0.15) is 19.8 Å². The molecule has 0 bridgehead atoms. The average molecular weight is 386 g/mol. The highest BCUT2D eigenvalue weighted by Gasteiger charge is 2.29. The first-order valence-electron chi connectivity index (χ1n) is 8.86. The van der Waals surface area contributed by atoms with Gasteiger partial charge in [-0.15, -0.1) is 0 Å². The van der Waals surface area contributed by atoms with Gasteiger partial charge in [0.25, 0.3) is 0 Å². The topological polar surface area (TPSA) is 81.1 Å². The number of anilines is 3. The van der Waals surface area contributed by atoms with E-state index in [1.54, 1.807) is 13.2 Å². The number of nitrogens with zero attached hydrogens (tertiary/aromatic N) is 3. The second-order valence-corrected chi connectivity index (χ2v) is 6.89. The minimum absolute atomic E-state index is 0.00150. The quantitative estimate of drug-likeness (QED) is 0.664. The van der Waals surface area contributed by atoms with Gasteiger partial charge in [-0.2, -0.15) is 5.10 Å². The van der Waals surface area contributed by atoms with Crippen LogP contribution in [0.25, 0.3) is 10.9 Å². The summed E-state index contributed by atoms with van der Waals surface area (Å²) < 4.78 is 7.54. The highest BCUT2D eigenvalue weighted by Crippen LogP contribution is 2.37. The largest absolute Gasteiger partial charge is 0.492 e. The molecule has 1 aliphatic rings. The molecular formula is C19H20ClN5O2. The van der Waals surface area contributed by atoms with Crippen molar-refractivity contribution in [2.75, 3.05) is 17.7 Å². The van der Waals surface area contributed by atoms with Gasteiger partial charge < -0.3 is 15.4 Å². The van der Waals surface area contributed by atoms with Crippen molar-refractivity contribution in [3.05, 3.63) is 35.6 Å². The standard InChI is InChI=1S/C19H20ClN5O2/c1-3-25-17-12(9-22-25)6-7-14(18(17)27-2)23-15-8-16(21-10-13(15)20)24-19(26)11-4-5-11/h6-11H,3-5H2,1-2H3,(H2,21,23,24,26). The predicted molar refractivity (Wildman–Crippen MR) is 106 cm³/mol. The molecule has 7 nitrogen and oxygen atoms in total. The molecule has 8 heteroatoms. The Morgan fingerprint density at radius 2 is 2.15 bits per heavy atom. The van der Waals surface area contributed by atoms with Crippen LogP contribution in [-0.4, -0.2) is 27.8 Å². The van der Waals surface area contributed by atoms with Crippen LogP contribution in [0.4, 0.5) is 17.2 Å². The summed E-state index contributed by atoms with van der Waals surface area (Å²) in [5.74, 6) is 1.26. The lowest BCUT2D eigenvalue weighted by Crippen LogP contribution is -2.14. The number of hydrogen-bond acceptors (Lipinski definition) is 5. The highest BCUT2D eigenvalue weighted by atomic mass is 35.5. The van der Waals surface area contributed by atoms with Gasteiger partial charge in [-0.1, -0.05) is 11.6 Å². The number of aromatic nitrogens is 3. The first-order valence-corrected chi connectivity index (χ1v) is 9.24. The maximum absolute atomic E-state index is 12.0. The summed E-state index contributed by atoms with van der Waals surface area (Å²) in [5, 5.41) is 12.0. The molecule has 1 aliphatic carbocycles. The Kier molecular flexibility index (Phi) is 4.61. The molecule has 1 saturated carbocycles. The summed E-state index contributed by atoms with van der Waals surface area (Å²) in [6.45, 7) is 2.76. The number of ether oxygens (including phenoxy) is 1. The highest BCUT2D eigenvalue weighted by molar-refractivity contribution is 6.33. The minimum atomic E-state index is 0.00150. The monoisotopic (exact) mass is 385 g/mol. The number of benzene rings is 1. The molecule has 0 aliphatic heterocycles. The van der Waals surface area contributed by atoms with E-state index in [9.17, 15) is 4.79 Å². The number of rotatable bonds is 6. The van der Waals surface area contributed by atoms with Crippen molar-refractivity contribution in [1.29, 1.82) is 0 Å². The number of nitrogens with one attached hydrogen (secondary N) is 2. The van der Waals surface area contributed by atoms with Gasteiger partial charge >= 0.3 is 0 Å². The van der Waals surface area contributed by atoms with E-state index in [0.29, 0.717) is 22.3 Å². The molecular weight excluding hydrogens is 366 g/mol. The van der Waals surface area contributed by atoms with E-state index in [-0.39, 0.29) is 11.8 Å². The minimum Gasteiger partial charge on any atom is -0.492 e. The zero-order chi connectivity index (χ0) is 19.0. The molecule has 0 unspecified atom stereocenters. The van der Waals surface area contributed by atoms with E-state index in [4.69, 9.17) is 16.3 Å². The normalized spacial score (nSPS) is 13.6. The third kappa shape index (κ3) is 3.42. The Labute approximate surface area is 161 Å². The molecule has 1 fully saturated rings. The SMILES string of the molecule is CCn1ncc2ccc(Nc3cc(NC(=O)C4CC4)ncc3Cl)c(OC)c21. The molecule has 140 valence electrons. The van der Waals surface area contributed by atoms with Gasteiger partial charge in [0, 0.05) is 23.9 Å². The van der Waals surface area contributed by atoms with E-state index in [1.807, 2.05) is 29.9 Å². The number of methoxy groups -OCH3 is 1. The summed E-state index contributed by atoms with van der Waals surface area (Å²) in [6, 6.07) is 5.62. The van der Waals surface area contributed by atoms with Crippen LogP contribution < -0.4 is 15.4 Å². The number of amides is 1. The fourth-order valence-corrected chi connectivity index (χ4v) is 3.16. The van der Waals surface area contributed by atoms with E-state index in [1.165, 1.54) is 6.20 Å². The summed E-state index contributed by atoms with van der Waals surface area (Å²) in [4.78, 5) is 16.2. The second-order valence-electron chi connectivity index (χ2n) is 6.48. The molecule has 1 aromatic carbocycles. The van der Waals surface area contributed by atoms with Gasteiger partial charge in [-0.05, 0) is 31.9 Å². The van der Waals surface area contributed by atoms with Crippen molar-refractivity contribution in [1.82, 2.24) is 14.8 Å². The van der Waals surface area contributed by atoms with Crippen LogP contribution in [0.2, 0.25) is 5.02 Å². The molecule has 0 spiro atoms. The van der Waals surface area contributed by atoms with Gasteiger partial charge in [0.1, 0.15) is 11.3 Å². The molecule has 2 N–H and O–H groups in total.